The maximum atomic E-state index is 5.21. The normalized spacial score (nSPS) is 18.8. The first-order valence-electron chi connectivity index (χ1n) is 4.05. The van der Waals surface area contributed by atoms with Gasteiger partial charge in [-0.05, 0) is 6.42 Å². The van der Waals surface area contributed by atoms with Gasteiger partial charge in [-0.3, -0.25) is 4.90 Å². The highest BCUT2D eigenvalue weighted by molar-refractivity contribution is 5.85. The van der Waals surface area contributed by atoms with Crippen molar-refractivity contribution in [3.8, 4) is 0 Å². The van der Waals surface area contributed by atoms with Gasteiger partial charge in [0.2, 0.25) is 0 Å². The highest BCUT2D eigenvalue weighted by atomic mass is 35.5. The van der Waals surface area contributed by atoms with Crippen LogP contribution in [0.2, 0.25) is 0 Å². The van der Waals surface area contributed by atoms with E-state index in [1.807, 2.05) is 0 Å². The van der Waals surface area contributed by atoms with Gasteiger partial charge in [0.05, 0.1) is 19.8 Å². The molecule has 0 aromatic carbocycles. The summed E-state index contributed by atoms with van der Waals surface area (Å²) in [5.41, 5.74) is 0. The first-order chi connectivity index (χ1) is 5.43. The molecule has 12 heavy (non-hydrogen) atoms. The fourth-order valence-corrected chi connectivity index (χ4v) is 1.20. The lowest BCUT2D eigenvalue weighted by Crippen LogP contribution is -2.37. The molecule has 0 amide bonds. The highest BCUT2D eigenvalue weighted by Crippen LogP contribution is 1.97. The number of hydrogen-bond donors (Lipinski definition) is 1. The third-order valence-corrected chi connectivity index (χ3v) is 1.84. The minimum absolute atomic E-state index is 0. The first kappa shape index (κ1) is 12.1. The molecular weight excluding hydrogens is 180 g/mol. The molecule has 0 saturated carbocycles. The van der Waals surface area contributed by atoms with Gasteiger partial charge in [-0.25, -0.2) is 5.90 Å². The third-order valence-electron chi connectivity index (χ3n) is 1.84. The maximum absolute atomic E-state index is 5.21. The molecule has 0 bridgehead atoms. The molecule has 1 saturated heterocycles. The second kappa shape index (κ2) is 7.76. The monoisotopic (exact) mass is 196 g/mol. The number of nitrogens with zero attached hydrogens (tertiary/aromatic N) is 1. The zero-order valence-electron chi connectivity index (χ0n) is 7.20. The molecule has 1 fully saturated rings. The van der Waals surface area contributed by atoms with Crippen LogP contribution in [0.25, 0.3) is 0 Å². The van der Waals surface area contributed by atoms with E-state index in [4.69, 9.17) is 10.6 Å². The van der Waals surface area contributed by atoms with E-state index in [1.54, 1.807) is 0 Å². The van der Waals surface area contributed by atoms with Crippen LogP contribution in [0.4, 0.5) is 0 Å². The Bertz CT molecular complexity index is 99.4. The van der Waals surface area contributed by atoms with Crippen molar-refractivity contribution in [2.24, 2.45) is 5.90 Å². The topological polar surface area (TPSA) is 47.7 Å². The Hall–Kier alpha value is 0.130. The third kappa shape index (κ3) is 4.90. The molecule has 1 aliphatic rings. The van der Waals surface area contributed by atoms with Crippen molar-refractivity contribution >= 4 is 12.4 Å². The van der Waals surface area contributed by atoms with Crippen molar-refractivity contribution in [2.75, 3.05) is 39.5 Å². The van der Waals surface area contributed by atoms with Gasteiger partial charge in [0.1, 0.15) is 0 Å². The van der Waals surface area contributed by atoms with E-state index in [2.05, 4.69) is 9.74 Å². The molecule has 4 nitrogen and oxygen atoms in total. The zero-order valence-corrected chi connectivity index (χ0v) is 8.02. The summed E-state index contributed by atoms with van der Waals surface area (Å²) in [7, 11) is 0. The van der Waals surface area contributed by atoms with Crippen molar-refractivity contribution in [2.45, 2.75) is 6.42 Å². The summed E-state index contributed by atoms with van der Waals surface area (Å²) in [5, 5.41) is 0. The van der Waals surface area contributed by atoms with Gasteiger partial charge in [0.15, 0.2) is 0 Å². The minimum atomic E-state index is 0. The summed E-state index contributed by atoms with van der Waals surface area (Å²) in [5.74, 6) is 4.90. The van der Waals surface area contributed by atoms with Crippen LogP contribution in [0.15, 0.2) is 0 Å². The summed E-state index contributed by atoms with van der Waals surface area (Å²) in [6.07, 6.45) is 1.01. The molecule has 1 aliphatic heterocycles. The van der Waals surface area contributed by atoms with Crippen LogP contribution in [0.1, 0.15) is 6.42 Å². The molecule has 0 aliphatic carbocycles. The Kier molecular flexibility index (Phi) is 7.85. The van der Waals surface area contributed by atoms with Gasteiger partial charge in [0.25, 0.3) is 0 Å². The molecule has 74 valence electrons. The van der Waals surface area contributed by atoms with E-state index in [1.165, 1.54) is 0 Å². The number of ether oxygens (including phenoxy) is 1. The number of morpholine rings is 1. The SMILES string of the molecule is Cl.NOCCCN1CCOCC1. The second-order valence-electron chi connectivity index (χ2n) is 2.68. The van der Waals surface area contributed by atoms with Crippen molar-refractivity contribution in [3.05, 3.63) is 0 Å². The van der Waals surface area contributed by atoms with Gasteiger partial charge >= 0.3 is 0 Å². The second-order valence-corrected chi connectivity index (χ2v) is 2.68. The summed E-state index contributed by atoms with van der Waals surface area (Å²) < 4.78 is 5.21. The van der Waals surface area contributed by atoms with Crippen molar-refractivity contribution < 1.29 is 9.57 Å². The Morgan fingerprint density at radius 2 is 2.00 bits per heavy atom. The largest absolute Gasteiger partial charge is 0.379 e. The molecule has 0 spiro atoms. The van der Waals surface area contributed by atoms with Gasteiger partial charge < -0.3 is 9.57 Å². The molecule has 2 N–H and O–H groups in total. The molecule has 0 aromatic rings. The lowest BCUT2D eigenvalue weighted by molar-refractivity contribution is 0.0319. The van der Waals surface area contributed by atoms with E-state index in [0.717, 1.165) is 39.3 Å². The summed E-state index contributed by atoms with van der Waals surface area (Å²) in [4.78, 5) is 6.84. The molecule has 0 unspecified atom stereocenters. The Labute approximate surface area is 79.4 Å². The van der Waals surface area contributed by atoms with Crippen LogP contribution in [0.3, 0.4) is 0 Å². The molecule has 0 aromatic heterocycles. The lowest BCUT2D eigenvalue weighted by atomic mass is 10.3. The minimum Gasteiger partial charge on any atom is -0.379 e. The van der Waals surface area contributed by atoms with E-state index in [0.29, 0.717) is 6.61 Å². The van der Waals surface area contributed by atoms with E-state index < -0.39 is 0 Å². The first-order valence-corrected chi connectivity index (χ1v) is 4.05. The van der Waals surface area contributed by atoms with Crippen LogP contribution in [0.5, 0.6) is 0 Å². The zero-order chi connectivity index (χ0) is 7.94. The van der Waals surface area contributed by atoms with Crippen molar-refractivity contribution in [1.29, 1.82) is 0 Å². The number of halogens is 1. The van der Waals surface area contributed by atoms with Gasteiger partial charge in [-0.2, -0.15) is 0 Å². The molecule has 1 heterocycles. The standard InChI is InChI=1S/C7H16N2O2.ClH/c8-11-5-1-2-9-3-6-10-7-4-9;/h1-8H2;1H. The average molecular weight is 197 g/mol. The van der Waals surface area contributed by atoms with E-state index in [-0.39, 0.29) is 12.4 Å². The van der Waals surface area contributed by atoms with E-state index in [9.17, 15) is 0 Å². The predicted octanol–water partition coefficient (Wildman–Crippen LogP) is 0.0208. The number of rotatable bonds is 4. The van der Waals surface area contributed by atoms with Gasteiger partial charge in [0, 0.05) is 19.6 Å². The molecule has 5 heteroatoms. The van der Waals surface area contributed by atoms with Crippen LogP contribution >= 0.6 is 12.4 Å². The summed E-state index contributed by atoms with van der Waals surface area (Å²) >= 11 is 0. The Morgan fingerprint density at radius 1 is 1.33 bits per heavy atom. The smallest absolute Gasteiger partial charge is 0.0691 e. The molecule has 0 atom stereocenters. The predicted molar refractivity (Wildman–Crippen MR) is 49.3 cm³/mol. The van der Waals surface area contributed by atoms with E-state index >= 15 is 0 Å². The molecular formula is C7H17ClN2O2. The van der Waals surface area contributed by atoms with Crippen LogP contribution in [0, 0.1) is 0 Å². The van der Waals surface area contributed by atoms with Crippen LogP contribution in [-0.4, -0.2) is 44.4 Å². The maximum Gasteiger partial charge on any atom is 0.0691 e. The van der Waals surface area contributed by atoms with Crippen LogP contribution < -0.4 is 5.90 Å². The highest BCUT2D eigenvalue weighted by Gasteiger charge is 2.08. The fraction of sp³-hybridized carbons (Fsp3) is 1.00. The Balaban J connectivity index is 0.00000121. The van der Waals surface area contributed by atoms with Gasteiger partial charge in [-0.1, -0.05) is 0 Å². The lowest BCUT2D eigenvalue weighted by Gasteiger charge is -2.26. The number of hydrogen-bond acceptors (Lipinski definition) is 4. The molecule has 1 rings (SSSR count). The van der Waals surface area contributed by atoms with Gasteiger partial charge in [-0.15, -0.1) is 12.4 Å². The van der Waals surface area contributed by atoms with Crippen molar-refractivity contribution in [1.82, 2.24) is 4.90 Å². The van der Waals surface area contributed by atoms with Crippen molar-refractivity contribution in [3.63, 3.8) is 0 Å². The Morgan fingerprint density at radius 3 is 2.58 bits per heavy atom. The average Bonchev–Trinajstić information content (AvgIpc) is 2.07. The summed E-state index contributed by atoms with van der Waals surface area (Å²) in [6, 6.07) is 0. The number of nitrogens with two attached hydrogens (primary N) is 1. The fourth-order valence-electron chi connectivity index (χ4n) is 1.20. The summed E-state index contributed by atoms with van der Waals surface area (Å²) in [6.45, 7) is 5.54. The molecule has 0 radical (unpaired) electrons. The van der Waals surface area contributed by atoms with Crippen LogP contribution in [-0.2, 0) is 9.57 Å². The quantitative estimate of drug-likeness (QED) is 0.509.